The Balaban J connectivity index is 1.13. The van der Waals surface area contributed by atoms with E-state index in [1.807, 2.05) is 49.4 Å². The van der Waals surface area contributed by atoms with Crippen molar-refractivity contribution in [3.63, 3.8) is 0 Å². The number of benzene rings is 4. The van der Waals surface area contributed by atoms with E-state index in [9.17, 15) is 19.2 Å². The minimum Gasteiger partial charge on any atom is -0.452 e. The molecule has 0 spiro atoms. The van der Waals surface area contributed by atoms with Crippen molar-refractivity contribution in [1.82, 2.24) is 0 Å². The molecule has 3 amide bonds. The van der Waals surface area contributed by atoms with Crippen molar-refractivity contribution in [2.45, 2.75) is 25.2 Å². The van der Waals surface area contributed by atoms with Crippen LogP contribution in [-0.2, 0) is 25.5 Å². The molecular formula is C35H28N2O5. The highest BCUT2D eigenvalue weighted by Crippen LogP contribution is 2.61. The van der Waals surface area contributed by atoms with E-state index in [1.165, 1.54) is 11.0 Å². The van der Waals surface area contributed by atoms with Gasteiger partial charge < -0.3 is 10.1 Å². The Morgan fingerprint density at radius 1 is 0.738 bits per heavy atom. The van der Waals surface area contributed by atoms with Gasteiger partial charge in [-0.15, -0.1) is 0 Å². The fourth-order valence-corrected chi connectivity index (χ4v) is 7.06. The van der Waals surface area contributed by atoms with Crippen LogP contribution in [0.15, 0.2) is 97.1 Å². The third kappa shape index (κ3) is 3.96. The summed E-state index contributed by atoms with van der Waals surface area (Å²) in [5.74, 6) is -3.14. The zero-order valence-electron chi connectivity index (χ0n) is 22.9. The molecule has 1 heterocycles. The summed E-state index contributed by atoms with van der Waals surface area (Å²) in [6.45, 7) is 1.53. The molecule has 0 unspecified atom stereocenters. The first-order valence-corrected chi connectivity index (χ1v) is 14.2. The fourth-order valence-electron chi connectivity index (χ4n) is 7.06. The van der Waals surface area contributed by atoms with Crippen molar-refractivity contribution >= 4 is 35.1 Å². The molecule has 0 aromatic heterocycles. The maximum Gasteiger partial charge on any atom is 0.338 e. The zero-order chi connectivity index (χ0) is 29.0. The number of nitrogens with zero attached hydrogens (tertiary/aromatic N) is 1. The smallest absolute Gasteiger partial charge is 0.338 e. The zero-order valence-corrected chi connectivity index (χ0v) is 22.9. The van der Waals surface area contributed by atoms with E-state index in [2.05, 4.69) is 29.6 Å². The Hall–Kier alpha value is -5.04. The summed E-state index contributed by atoms with van der Waals surface area (Å²) in [6.07, 6.45) is 0.748. The van der Waals surface area contributed by atoms with E-state index in [0.29, 0.717) is 11.4 Å². The summed E-state index contributed by atoms with van der Waals surface area (Å²) in [5, 5.41) is 2.78. The van der Waals surface area contributed by atoms with Gasteiger partial charge in [-0.05, 0) is 58.5 Å². The molecule has 42 heavy (non-hydrogen) atoms. The third-order valence-corrected chi connectivity index (χ3v) is 8.80. The van der Waals surface area contributed by atoms with Gasteiger partial charge >= 0.3 is 5.97 Å². The normalized spacial score (nSPS) is 21.4. The maximum absolute atomic E-state index is 14.0. The number of carbonyl (C=O) groups excluding carboxylic acids is 4. The summed E-state index contributed by atoms with van der Waals surface area (Å²) in [7, 11) is 0. The lowest BCUT2D eigenvalue weighted by Gasteiger charge is -2.45. The Morgan fingerprint density at radius 3 is 1.86 bits per heavy atom. The molecule has 7 nitrogen and oxygen atoms in total. The van der Waals surface area contributed by atoms with Crippen molar-refractivity contribution in [3.8, 4) is 0 Å². The summed E-state index contributed by atoms with van der Waals surface area (Å²) in [6, 6.07) is 29.9. The second-order valence-electron chi connectivity index (χ2n) is 11.0. The highest BCUT2D eigenvalue weighted by molar-refractivity contribution is 6.23. The van der Waals surface area contributed by atoms with E-state index in [-0.39, 0.29) is 29.2 Å². The van der Waals surface area contributed by atoms with E-state index in [4.69, 9.17) is 4.74 Å². The summed E-state index contributed by atoms with van der Waals surface area (Å²) >= 11 is 0. The van der Waals surface area contributed by atoms with Crippen LogP contribution in [0.5, 0.6) is 0 Å². The number of hydrogen-bond donors (Lipinski definition) is 1. The Morgan fingerprint density at radius 2 is 1.29 bits per heavy atom. The number of carbonyl (C=O) groups is 4. The lowest BCUT2D eigenvalue weighted by molar-refractivity contribution is -0.122. The fraction of sp³-hybridized carbons (Fsp3) is 0.200. The van der Waals surface area contributed by atoms with Crippen molar-refractivity contribution in [3.05, 3.63) is 130 Å². The van der Waals surface area contributed by atoms with E-state index >= 15 is 0 Å². The maximum atomic E-state index is 14.0. The number of rotatable bonds is 6. The van der Waals surface area contributed by atoms with Crippen molar-refractivity contribution in [1.29, 1.82) is 0 Å². The quantitative estimate of drug-likeness (QED) is 0.252. The first kappa shape index (κ1) is 25.9. The second kappa shape index (κ2) is 10.1. The van der Waals surface area contributed by atoms with Crippen LogP contribution in [0.2, 0.25) is 0 Å². The molecule has 3 aliphatic carbocycles. The predicted molar refractivity (Wildman–Crippen MR) is 157 cm³/mol. The third-order valence-electron chi connectivity index (χ3n) is 8.80. The Bertz CT molecular complexity index is 1660. The molecule has 4 aromatic rings. The monoisotopic (exact) mass is 556 g/mol. The van der Waals surface area contributed by atoms with Gasteiger partial charge in [0.2, 0.25) is 11.8 Å². The lowest BCUT2D eigenvalue weighted by atomic mass is 9.55. The van der Waals surface area contributed by atoms with Gasteiger partial charge in [0.25, 0.3) is 5.91 Å². The van der Waals surface area contributed by atoms with Crippen molar-refractivity contribution in [2.24, 2.45) is 11.8 Å². The summed E-state index contributed by atoms with van der Waals surface area (Å²) in [5.41, 5.74) is 6.52. The predicted octanol–water partition coefficient (Wildman–Crippen LogP) is 5.44. The molecule has 1 aliphatic heterocycles. The van der Waals surface area contributed by atoms with Gasteiger partial charge in [0.1, 0.15) is 0 Å². The van der Waals surface area contributed by atoms with Gasteiger partial charge in [-0.2, -0.15) is 0 Å². The van der Waals surface area contributed by atoms with Crippen LogP contribution in [0, 0.1) is 11.8 Å². The van der Waals surface area contributed by atoms with Crippen LogP contribution < -0.4 is 10.2 Å². The molecule has 1 N–H and O–H groups in total. The SMILES string of the molecule is CCc1ccccc1NC(=O)COC(=O)c1cccc(N2C(=O)[C@@H]3C4c5ccccc5C(c5ccccc54)[C@@H]3C2=O)c1. The number of amides is 3. The topological polar surface area (TPSA) is 92.8 Å². The first-order chi connectivity index (χ1) is 20.5. The molecule has 2 bridgehead atoms. The first-order valence-electron chi connectivity index (χ1n) is 14.2. The van der Waals surface area contributed by atoms with Crippen LogP contribution in [0.25, 0.3) is 0 Å². The number of nitrogens with one attached hydrogen (secondary N) is 1. The number of esters is 1. The Labute approximate surface area is 243 Å². The minimum atomic E-state index is -0.716. The molecule has 4 aromatic carbocycles. The van der Waals surface area contributed by atoms with Crippen LogP contribution in [0.1, 0.15) is 56.9 Å². The van der Waals surface area contributed by atoms with Crippen LogP contribution in [-0.4, -0.2) is 30.3 Å². The number of aryl methyl sites for hydroxylation is 1. The molecule has 1 saturated heterocycles. The summed E-state index contributed by atoms with van der Waals surface area (Å²) in [4.78, 5) is 54.7. The highest BCUT2D eigenvalue weighted by atomic mass is 16.5. The van der Waals surface area contributed by atoms with Crippen molar-refractivity contribution < 1.29 is 23.9 Å². The van der Waals surface area contributed by atoms with Gasteiger partial charge in [-0.3, -0.25) is 14.4 Å². The average molecular weight is 557 g/mol. The van der Waals surface area contributed by atoms with Crippen LogP contribution in [0.3, 0.4) is 0 Å². The highest BCUT2D eigenvalue weighted by Gasteiger charge is 2.61. The van der Waals surface area contributed by atoms with Gasteiger partial charge in [-0.25, -0.2) is 9.69 Å². The molecule has 8 rings (SSSR count). The van der Waals surface area contributed by atoms with Gasteiger partial charge in [0.05, 0.1) is 23.1 Å². The number of ether oxygens (including phenoxy) is 1. The number of para-hydroxylation sites is 1. The molecule has 208 valence electrons. The molecule has 4 aliphatic rings. The van der Waals surface area contributed by atoms with E-state index < -0.39 is 30.3 Å². The molecule has 0 saturated carbocycles. The lowest BCUT2D eigenvalue weighted by Crippen LogP contribution is -2.41. The number of anilines is 2. The molecular weight excluding hydrogens is 528 g/mol. The average Bonchev–Trinajstić information content (AvgIpc) is 3.30. The van der Waals surface area contributed by atoms with Gasteiger partial charge in [-0.1, -0.05) is 79.7 Å². The molecule has 1 fully saturated rings. The number of imide groups is 1. The Kier molecular flexibility index (Phi) is 6.23. The number of hydrogen-bond acceptors (Lipinski definition) is 5. The van der Waals surface area contributed by atoms with Gasteiger partial charge in [0.15, 0.2) is 6.61 Å². The molecule has 7 heteroatoms. The van der Waals surface area contributed by atoms with Crippen LogP contribution >= 0.6 is 0 Å². The van der Waals surface area contributed by atoms with Crippen LogP contribution in [0.4, 0.5) is 11.4 Å². The molecule has 0 radical (unpaired) electrons. The van der Waals surface area contributed by atoms with E-state index in [0.717, 1.165) is 34.2 Å². The minimum absolute atomic E-state index is 0.152. The molecule has 2 atom stereocenters. The van der Waals surface area contributed by atoms with Crippen molar-refractivity contribution in [2.75, 3.05) is 16.8 Å². The van der Waals surface area contributed by atoms with E-state index in [1.54, 1.807) is 24.3 Å². The standard InChI is InChI=1S/C35H28N2O5/c1-2-20-10-3-8-17-27(20)36-28(38)19-42-35(41)21-11-9-12-22(18-21)37-33(39)31-29-23-13-4-5-14-24(23)30(32(31)34(37)40)26-16-7-6-15-25(26)29/h3-18,29-32H,2,19H2,1H3,(H,36,38)/t29?,30?,31-,32+. The van der Waals surface area contributed by atoms with Gasteiger partial charge in [0, 0.05) is 17.5 Å². The second-order valence-corrected chi connectivity index (χ2v) is 11.0. The summed E-state index contributed by atoms with van der Waals surface area (Å²) < 4.78 is 5.29. The largest absolute Gasteiger partial charge is 0.452 e.